The minimum absolute atomic E-state index is 0.0918. The quantitative estimate of drug-likeness (QED) is 0.624. The maximum atomic E-state index is 12.8. The molecule has 1 unspecified atom stereocenters. The van der Waals surface area contributed by atoms with E-state index in [2.05, 4.69) is 22.8 Å². The van der Waals surface area contributed by atoms with Gasteiger partial charge in [0.05, 0.1) is 18.2 Å². The van der Waals surface area contributed by atoms with Crippen LogP contribution >= 0.6 is 0 Å². The van der Waals surface area contributed by atoms with E-state index >= 15 is 0 Å². The zero-order chi connectivity index (χ0) is 17.8. The van der Waals surface area contributed by atoms with Crippen LogP contribution in [0, 0.1) is 0 Å². The van der Waals surface area contributed by atoms with Crippen LogP contribution < -0.4 is 4.90 Å². The third-order valence-corrected chi connectivity index (χ3v) is 4.92. The Labute approximate surface area is 149 Å². The van der Waals surface area contributed by atoms with Crippen molar-refractivity contribution in [3.05, 3.63) is 54.3 Å². The Morgan fingerprint density at radius 1 is 1.08 bits per heavy atom. The van der Waals surface area contributed by atoms with E-state index in [0.29, 0.717) is 5.69 Å². The molecule has 0 radical (unpaired) electrons. The number of anilines is 1. The molecule has 1 aromatic rings. The third-order valence-electron chi connectivity index (χ3n) is 4.92. The minimum atomic E-state index is -0.324. The Morgan fingerprint density at radius 2 is 1.76 bits per heavy atom. The van der Waals surface area contributed by atoms with Crippen molar-refractivity contribution < 1.29 is 9.59 Å². The van der Waals surface area contributed by atoms with Crippen molar-refractivity contribution in [2.45, 2.75) is 26.3 Å². The molecule has 1 aromatic carbocycles. The summed E-state index contributed by atoms with van der Waals surface area (Å²) in [5.74, 6) is -0.196. The van der Waals surface area contributed by atoms with Crippen LogP contribution in [0.15, 0.2) is 54.3 Å². The SMILES string of the molecule is C/C=C\C=C(/C)N1CCN(C2CC(=O)N(c3ccccc3)C2=O)CC1. The predicted molar refractivity (Wildman–Crippen MR) is 99.1 cm³/mol. The summed E-state index contributed by atoms with van der Waals surface area (Å²) >= 11 is 0. The van der Waals surface area contributed by atoms with Gasteiger partial charge in [-0.25, -0.2) is 4.90 Å². The van der Waals surface area contributed by atoms with Crippen molar-refractivity contribution in [3.8, 4) is 0 Å². The fourth-order valence-electron chi connectivity index (χ4n) is 3.48. The summed E-state index contributed by atoms with van der Waals surface area (Å²) in [4.78, 5) is 31.0. The van der Waals surface area contributed by atoms with E-state index < -0.39 is 0 Å². The normalized spacial score (nSPS) is 23.1. The highest BCUT2D eigenvalue weighted by atomic mass is 16.2. The van der Waals surface area contributed by atoms with E-state index in [1.54, 1.807) is 0 Å². The lowest BCUT2D eigenvalue weighted by molar-refractivity contribution is -0.123. The molecule has 2 amide bonds. The highest BCUT2D eigenvalue weighted by Gasteiger charge is 2.43. The van der Waals surface area contributed by atoms with Crippen LogP contribution in [-0.2, 0) is 9.59 Å². The Bertz CT molecular complexity index is 688. The maximum Gasteiger partial charge on any atom is 0.251 e. The molecule has 0 bridgehead atoms. The van der Waals surface area contributed by atoms with Crippen molar-refractivity contribution in [2.75, 3.05) is 31.1 Å². The molecule has 2 fully saturated rings. The molecule has 5 nitrogen and oxygen atoms in total. The van der Waals surface area contributed by atoms with Gasteiger partial charge in [-0.15, -0.1) is 0 Å². The number of hydrogen-bond acceptors (Lipinski definition) is 4. The summed E-state index contributed by atoms with van der Waals surface area (Å²) < 4.78 is 0. The number of benzene rings is 1. The second-order valence-electron chi connectivity index (χ2n) is 6.48. The van der Waals surface area contributed by atoms with E-state index in [9.17, 15) is 9.59 Å². The van der Waals surface area contributed by atoms with E-state index in [-0.39, 0.29) is 24.3 Å². The number of imide groups is 1. The molecule has 0 aromatic heterocycles. The average molecular weight is 339 g/mol. The molecule has 5 heteroatoms. The summed E-state index contributed by atoms with van der Waals surface area (Å²) in [5.41, 5.74) is 1.90. The molecule has 1 atom stereocenters. The smallest absolute Gasteiger partial charge is 0.251 e. The number of rotatable bonds is 4. The molecule has 132 valence electrons. The monoisotopic (exact) mass is 339 g/mol. The predicted octanol–water partition coefficient (Wildman–Crippen LogP) is 2.42. The van der Waals surface area contributed by atoms with Crippen LogP contribution in [0.4, 0.5) is 5.69 Å². The highest BCUT2D eigenvalue weighted by Crippen LogP contribution is 2.26. The fraction of sp³-hybridized carbons (Fsp3) is 0.400. The topological polar surface area (TPSA) is 43.9 Å². The van der Waals surface area contributed by atoms with E-state index in [4.69, 9.17) is 0 Å². The molecule has 0 saturated carbocycles. The molecular weight excluding hydrogens is 314 g/mol. The Morgan fingerprint density at radius 3 is 2.40 bits per heavy atom. The van der Waals surface area contributed by atoms with Crippen molar-refractivity contribution >= 4 is 17.5 Å². The molecule has 2 aliphatic heterocycles. The zero-order valence-corrected chi connectivity index (χ0v) is 14.9. The number of hydrogen-bond donors (Lipinski definition) is 0. The Hall–Kier alpha value is -2.40. The second kappa shape index (κ2) is 7.66. The molecule has 2 saturated heterocycles. The van der Waals surface area contributed by atoms with Gasteiger partial charge in [0.1, 0.15) is 0 Å². The van der Waals surface area contributed by atoms with Gasteiger partial charge in [0.2, 0.25) is 5.91 Å². The number of para-hydroxylation sites is 1. The van der Waals surface area contributed by atoms with E-state index in [1.165, 1.54) is 10.6 Å². The lowest BCUT2D eigenvalue weighted by atomic mass is 10.1. The van der Waals surface area contributed by atoms with Crippen molar-refractivity contribution in [2.24, 2.45) is 0 Å². The molecule has 2 heterocycles. The van der Waals surface area contributed by atoms with E-state index in [0.717, 1.165) is 26.2 Å². The van der Waals surface area contributed by atoms with E-state index in [1.807, 2.05) is 49.4 Å². The Kier molecular flexibility index (Phi) is 5.34. The van der Waals surface area contributed by atoms with Crippen LogP contribution in [0.25, 0.3) is 0 Å². The lowest BCUT2D eigenvalue weighted by Crippen LogP contribution is -2.52. The molecule has 25 heavy (non-hydrogen) atoms. The number of allylic oxidation sites excluding steroid dienone is 4. The lowest BCUT2D eigenvalue weighted by Gasteiger charge is -2.38. The van der Waals surface area contributed by atoms with Gasteiger partial charge in [-0.3, -0.25) is 14.5 Å². The standard InChI is InChI=1S/C20H25N3O2/c1-3-4-8-16(2)21-11-13-22(14-12-21)18-15-19(24)23(20(18)25)17-9-6-5-7-10-17/h3-10,18H,11-15H2,1-2H3/b4-3-,16-8+. The Balaban J connectivity index is 1.65. The van der Waals surface area contributed by atoms with Gasteiger partial charge < -0.3 is 4.90 Å². The van der Waals surface area contributed by atoms with Crippen LogP contribution in [0.5, 0.6) is 0 Å². The van der Waals surface area contributed by atoms with Crippen molar-refractivity contribution in [1.82, 2.24) is 9.80 Å². The summed E-state index contributed by atoms with van der Waals surface area (Å²) in [6.07, 6.45) is 6.44. The first-order valence-electron chi connectivity index (χ1n) is 8.82. The van der Waals surface area contributed by atoms with Gasteiger partial charge in [-0.05, 0) is 32.1 Å². The molecule has 0 N–H and O–H groups in total. The summed E-state index contributed by atoms with van der Waals surface area (Å²) in [7, 11) is 0. The molecule has 3 rings (SSSR count). The average Bonchev–Trinajstić information content (AvgIpc) is 2.95. The van der Waals surface area contributed by atoms with Crippen LogP contribution in [-0.4, -0.2) is 53.8 Å². The van der Waals surface area contributed by atoms with Gasteiger partial charge >= 0.3 is 0 Å². The van der Waals surface area contributed by atoms with Gasteiger partial charge in [0.15, 0.2) is 0 Å². The number of carbonyl (C=O) groups excluding carboxylic acids is 2. The van der Waals surface area contributed by atoms with Gasteiger partial charge in [-0.1, -0.05) is 30.4 Å². The van der Waals surface area contributed by atoms with Crippen LogP contribution in [0.3, 0.4) is 0 Å². The van der Waals surface area contributed by atoms with Gasteiger partial charge in [0.25, 0.3) is 5.91 Å². The first-order chi connectivity index (χ1) is 12.1. The van der Waals surface area contributed by atoms with Crippen LogP contribution in [0.1, 0.15) is 20.3 Å². The summed E-state index contributed by atoms with van der Waals surface area (Å²) in [5, 5.41) is 0. The highest BCUT2D eigenvalue weighted by molar-refractivity contribution is 6.22. The molecule has 0 aliphatic carbocycles. The molecule has 2 aliphatic rings. The van der Waals surface area contributed by atoms with Gasteiger partial charge in [0, 0.05) is 31.9 Å². The van der Waals surface area contributed by atoms with Gasteiger partial charge in [-0.2, -0.15) is 0 Å². The van der Waals surface area contributed by atoms with Crippen molar-refractivity contribution in [3.63, 3.8) is 0 Å². The maximum absolute atomic E-state index is 12.8. The molecular formula is C20H25N3O2. The number of piperazine rings is 1. The van der Waals surface area contributed by atoms with Crippen LogP contribution in [0.2, 0.25) is 0 Å². The summed E-state index contributed by atoms with van der Waals surface area (Å²) in [6.45, 7) is 7.47. The second-order valence-corrected chi connectivity index (χ2v) is 6.48. The molecule has 0 spiro atoms. The zero-order valence-electron chi connectivity index (χ0n) is 14.9. The summed E-state index contributed by atoms with van der Waals surface area (Å²) in [6, 6.07) is 8.88. The fourth-order valence-corrected chi connectivity index (χ4v) is 3.48. The van der Waals surface area contributed by atoms with Crippen molar-refractivity contribution in [1.29, 1.82) is 0 Å². The number of amides is 2. The first kappa shape index (κ1) is 17.4. The largest absolute Gasteiger partial charge is 0.372 e. The minimum Gasteiger partial charge on any atom is -0.372 e. The number of nitrogens with zero attached hydrogens (tertiary/aromatic N) is 3. The number of carbonyl (C=O) groups is 2. The first-order valence-corrected chi connectivity index (χ1v) is 8.82. The third kappa shape index (κ3) is 3.66.